The Labute approximate surface area is 116 Å². The number of aromatic amines is 1. The minimum Gasteiger partial charge on any atom is -0.478 e. The van der Waals surface area contributed by atoms with Crippen molar-refractivity contribution in [2.24, 2.45) is 0 Å². The lowest BCUT2D eigenvalue weighted by Crippen LogP contribution is -2.36. The van der Waals surface area contributed by atoms with Crippen LogP contribution in [0.2, 0.25) is 0 Å². The number of aromatic nitrogens is 2. The zero-order chi connectivity index (χ0) is 14.9. The number of aryl methyl sites for hydroxylation is 1. The van der Waals surface area contributed by atoms with E-state index in [2.05, 4.69) is 10.2 Å². The Hall–Kier alpha value is -1.45. The van der Waals surface area contributed by atoms with E-state index >= 15 is 0 Å². The normalized spacial score (nSPS) is 21.6. The molecule has 0 saturated carbocycles. The second-order valence-electron chi connectivity index (χ2n) is 4.73. The Kier molecular flexibility index (Phi) is 4.11. The molecule has 9 heteroatoms. The minimum atomic E-state index is -3.94. The molecule has 0 radical (unpaired) electrons. The molecule has 1 atom stereocenters. The van der Waals surface area contributed by atoms with E-state index in [-0.39, 0.29) is 30.5 Å². The van der Waals surface area contributed by atoms with Crippen molar-refractivity contribution in [1.82, 2.24) is 14.5 Å². The summed E-state index contributed by atoms with van der Waals surface area (Å²) in [5, 5.41) is 14.8. The molecule has 1 unspecified atom stereocenters. The number of aromatic carboxylic acids is 1. The average molecular weight is 303 g/mol. The molecule has 0 aromatic carbocycles. The molecule has 112 valence electrons. The summed E-state index contributed by atoms with van der Waals surface area (Å²) in [6.45, 7) is 4.22. The third-order valence-corrected chi connectivity index (χ3v) is 4.92. The van der Waals surface area contributed by atoms with Crippen LogP contribution < -0.4 is 0 Å². The quantitative estimate of drug-likeness (QED) is 0.825. The summed E-state index contributed by atoms with van der Waals surface area (Å²) in [6.07, 6.45) is 0.329. The van der Waals surface area contributed by atoms with Crippen molar-refractivity contribution in [2.75, 3.05) is 19.7 Å². The predicted molar refractivity (Wildman–Crippen MR) is 69.1 cm³/mol. The molecule has 20 heavy (non-hydrogen) atoms. The largest absolute Gasteiger partial charge is 0.478 e. The van der Waals surface area contributed by atoms with Crippen LogP contribution in [0, 0.1) is 6.92 Å². The number of nitrogens with zero attached hydrogens (tertiary/aromatic N) is 2. The van der Waals surface area contributed by atoms with E-state index in [9.17, 15) is 13.2 Å². The van der Waals surface area contributed by atoms with E-state index in [1.807, 2.05) is 0 Å². The van der Waals surface area contributed by atoms with Crippen molar-refractivity contribution in [3.63, 3.8) is 0 Å². The number of ether oxygens (including phenoxy) is 1. The van der Waals surface area contributed by atoms with Crippen molar-refractivity contribution in [1.29, 1.82) is 0 Å². The van der Waals surface area contributed by atoms with Crippen LogP contribution in [0.15, 0.2) is 5.03 Å². The average Bonchev–Trinajstić information content (AvgIpc) is 2.61. The molecule has 0 spiro atoms. The monoisotopic (exact) mass is 303 g/mol. The number of carbonyl (C=O) groups is 1. The van der Waals surface area contributed by atoms with Gasteiger partial charge in [-0.3, -0.25) is 5.10 Å². The predicted octanol–water partition coefficient (Wildman–Crippen LogP) is 0.216. The van der Waals surface area contributed by atoms with E-state index in [0.29, 0.717) is 13.0 Å². The van der Waals surface area contributed by atoms with Gasteiger partial charge in [-0.25, -0.2) is 13.2 Å². The minimum absolute atomic E-state index is 0.188. The summed E-state index contributed by atoms with van der Waals surface area (Å²) in [4.78, 5) is 11.2. The maximum atomic E-state index is 12.5. The summed E-state index contributed by atoms with van der Waals surface area (Å²) < 4.78 is 31.7. The number of H-pyrrole nitrogens is 1. The maximum absolute atomic E-state index is 12.5. The van der Waals surface area contributed by atoms with Crippen molar-refractivity contribution in [3.8, 4) is 0 Å². The highest BCUT2D eigenvalue weighted by Gasteiger charge is 2.34. The Morgan fingerprint density at radius 1 is 1.55 bits per heavy atom. The Balaban J connectivity index is 2.42. The SMILES string of the molecule is Cc1[nH]nc(S(=O)(=O)N2CCCOC(C)C2)c1C(=O)O. The summed E-state index contributed by atoms with van der Waals surface area (Å²) in [5.41, 5.74) is -0.0852. The number of nitrogens with one attached hydrogen (secondary N) is 1. The molecule has 2 rings (SSSR count). The van der Waals surface area contributed by atoms with Gasteiger partial charge in [-0.2, -0.15) is 9.40 Å². The fourth-order valence-corrected chi connectivity index (χ4v) is 3.82. The molecule has 1 aliphatic rings. The van der Waals surface area contributed by atoms with Gasteiger partial charge in [0.15, 0.2) is 0 Å². The van der Waals surface area contributed by atoms with Crippen LogP contribution in [0.4, 0.5) is 0 Å². The molecule has 1 saturated heterocycles. The number of hydrogen-bond acceptors (Lipinski definition) is 5. The third-order valence-electron chi connectivity index (χ3n) is 3.13. The van der Waals surface area contributed by atoms with Gasteiger partial charge in [0.1, 0.15) is 5.56 Å². The van der Waals surface area contributed by atoms with Gasteiger partial charge in [0.05, 0.1) is 6.10 Å². The summed E-state index contributed by atoms with van der Waals surface area (Å²) in [5.74, 6) is -1.31. The Morgan fingerprint density at radius 2 is 2.25 bits per heavy atom. The van der Waals surface area contributed by atoms with E-state index < -0.39 is 21.0 Å². The second kappa shape index (κ2) is 5.51. The number of carboxylic acids is 1. The molecule has 1 aliphatic heterocycles. The zero-order valence-electron chi connectivity index (χ0n) is 11.3. The van der Waals surface area contributed by atoms with E-state index in [1.54, 1.807) is 6.92 Å². The molecule has 0 bridgehead atoms. The highest BCUT2D eigenvalue weighted by atomic mass is 32.2. The standard InChI is InChI=1S/C11H17N3O5S/c1-7-6-14(4-3-5-19-7)20(17,18)10-9(11(15)16)8(2)12-13-10/h7H,3-6H2,1-2H3,(H,12,13)(H,15,16). The first-order chi connectivity index (χ1) is 9.34. The van der Waals surface area contributed by atoms with E-state index in [0.717, 1.165) is 0 Å². The Bertz CT molecular complexity index is 610. The fourth-order valence-electron chi connectivity index (χ4n) is 2.14. The third kappa shape index (κ3) is 2.69. The number of sulfonamides is 1. The fraction of sp³-hybridized carbons (Fsp3) is 0.636. The topological polar surface area (TPSA) is 113 Å². The molecule has 1 aromatic rings. The van der Waals surface area contributed by atoms with Crippen LogP contribution in [0.3, 0.4) is 0 Å². The molecule has 8 nitrogen and oxygen atoms in total. The summed E-state index contributed by atoms with van der Waals surface area (Å²) in [7, 11) is -3.94. The summed E-state index contributed by atoms with van der Waals surface area (Å²) >= 11 is 0. The van der Waals surface area contributed by atoms with Gasteiger partial charge in [0.2, 0.25) is 5.03 Å². The summed E-state index contributed by atoms with van der Waals surface area (Å²) in [6, 6.07) is 0. The first-order valence-corrected chi connectivity index (χ1v) is 7.68. The smallest absolute Gasteiger partial charge is 0.340 e. The number of carboxylic acid groups (broad SMARTS) is 1. The van der Waals surface area contributed by atoms with Crippen LogP contribution in [-0.2, 0) is 14.8 Å². The highest BCUT2D eigenvalue weighted by Crippen LogP contribution is 2.22. The molecular formula is C11H17N3O5S. The van der Waals surface area contributed by atoms with Gasteiger partial charge < -0.3 is 9.84 Å². The van der Waals surface area contributed by atoms with Gasteiger partial charge in [-0.1, -0.05) is 0 Å². The Morgan fingerprint density at radius 3 is 2.90 bits per heavy atom. The molecule has 1 fully saturated rings. The molecule has 2 heterocycles. The van der Waals surface area contributed by atoms with E-state index in [1.165, 1.54) is 11.2 Å². The zero-order valence-corrected chi connectivity index (χ0v) is 12.1. The maximum Gasteiger partial charge on any atom is 0.340 e. The van der Waals surface area contributed by atoms with Crippen molar-refractivity contribution < 1.29 is 23.1 Å². The van der Waals surface area contributed by atoms with E-state index in [4.69, 9.17) is 9.84 Å². The van der Waals surface area contributed by atoms with Crippen LogP contribution in [0.25, 0.3) is 0 Å². The molecule has 2 N–H and O–H groups in total. The highest BCUT2D eigenvalue weighted by molar-refractivity contribution is 7.89. The van der Waals surface area contributed by atoms with Gasteiger partial charge >= 0.3 is 5.97 Å². The van der Waals surface area contributed by atoms with Crippen molar-refractivity contribution in [3.05, 3.63) is 11.3 Å². The van der Waals surface area contributed by atoms with Gasteiger partial charge in [-0.15, -0.1) is 0 Å². The van der Waals surface area contributed by atoms with Crippen LogP contribution in [-0.4, -0.2) is 59.8 Å². The first-order valence-electron chi connectivity index (χ1n) is 6.24. The lowest BCUT2D eigenvalue weighted by Gasteiger charge is -2.20. The molecular weight excluding hydrogens is 286 g/mol. The number of rotatable bonds is 3. The lowest BCUT2D eigenvalue weighted by atomic mass is 10.3. The van der Waals surface area contributed by atoms with Gasteiger partial charge in [0, 0.05) is 25.4 Å². The van der Waals surface area contributed by atoms with Crippen LogP contribution in [0.5, 0.6) is 0 Å². The molecule has 0 aliphatic carbocycles. The first kappa shape index (κ1) is 14.9. The lowest BCUT2D eigenvalue weighted by molar-refractivity contribution is 0.0691. The van der Waals surface area contributed by atoms with Crippen molar-refractivity contribution in [2.45, 2.75) is 31.4 Å². The molecule has 1 aromatic heterocycles. The van der Waals surface area contributed by atoms with Crippen LogP contribution >= 0.6 is 0 Å². The van der Waals surface area contributed by atoms with Gasteiger partial charge in [0.25, 0.3) is 10.0 Å². The second-order valence-corrected chi connectivity index (χ2v) is 6.59. The van der Waals surface area contributed by atoms with Crippen molar-refractivity contribution >= 4 is 16.0 Å². The molecule has 0 amide bonds. The number of hydrogen-bond donors (Lipinski definition) is 2. The van der Waals surface area contributed by atoms with Gasteiger partial charge in [-0.05, 0) is 20.3 Å². The van der Waals surface area contributed by atoms with Crippen LogP contribution in [0.1, 0.15) is 29.4 Å².